The van der Waals surface area contributed by atoms with Crippen molar-refractivity contribution in [1.29, 1.82) is 0 Å². The summed E-state index contributed by atoms with van der Waals surface area (Å²) in [6.07, 6.45) is 2.19. The maximum atomic E-state index is 12.0. The number of rotatable bonds is 7. The number of carbonyl (C=O) groups excluding carboxylic acids is 2. The molecule has 0 radical (unpaired) electrons. The summed E-state index contributed by atoms with van der Waals surface area (Å²) in [5, 5.41) is 6.54. The van der Waals surface area contributed by atoms with Crippen LogP contribution in [0.15, 0.2) is 65.8 Å². The molecule has 2 aromatic carbocycles. The number of methoxy groups -OCH3 is 1. The smallest absolute Gasteiger partial charge is 0.329 e. The van der Waals surface area contributed by atoms with E-state index in [1.807, 2.05) is 74.5 Å². The SMILES string of the molecule is COc1ccc(-n2c(C)cc(/C=N\NC(=O)C(=O)NCCc3ccccc3)c2C)cc1. The van der Waals surface area contributed by atoms with Gasteiger partial charge in [-0.15, -0.1) is 0 Å². The molecular formula is C24H26N4O3. The molecule has 0 spiro atoms. The zero-order valence-electron chi connectivity index (χ0n) is 17.9. The van der Waals surface area contributed by atoms with Crippen LogP contribution in [0.4, 0.5) is 0 Å². The van der Waals surface area contributed by atoms with Gasteiger partial charge in [0.25, 0.3) is 0 Å². The average Bonchev–Trinajstić information content (AvgIpc) is 3.07. The van der Waals surface area contributed by atoms with Crippen LogP contribution in [0.5, 0.6) is 5.75 Å². The first-order chi connectivity index (χ1) is 15.0. The minimum absolute atomic E-state index is 0.378. The lowest BCUT2D eigenvalue weighted by Gasteiger charge is -2.10. The Labute approximate surface area is 181 Å². The second-order valence-corrected chi connectivity index (χ2v) is 7.05. The Balaban J connectivity index is 1.56. The molecule has 0 aliphatic carbocycles. The number of carbonyl (C=O) groups is 2. The normalized spacial score (nSPS) is 10.8. The fraction of sp³-hybridized carbons (Fsp3) is 0.208. The molecule has 3 rings (SSSR count). The predicted octanol–water partition coefficient (Wildman–Crippen LogP) is 2.91. The van der Waals surface area contributed by atoms with E-state index in [1.165, 1.54) is 6.21 Å². The molecule has 3 aromatic rings. The van der Waals surface area contributed by atoms with E-state index < -0.39 is 11.8 Å². The van der Waals surface area contributed by atoms with Gasteiger partial charge in [0, 0.05) is 29.2 Å². The summed E-state index contributed by atoms with van der Waals surface area (Å²) in [4.78, 5) is 23.9. The molecule has 1 aromatic heterocycles. The van der Waals surface area contributed by atoms with E-state index in [-0.39, 0.29) is 0 Å². The maximum Gasteiger partial charge on any atom is 0.329 e. The number of amides is 2. The highest BCUT2D eigenvalue weighted by Gasteiger charge is 2.13. The average molecular weight is 418 g/mol. The summed E-state index contributed by atoms with van der Waals surface area (Å²) >= 11 is 0. The number of nitrogens with zero attached hydrogens (tertiary/aromatic N) is 2. The van der Waals surface area contributed by atoms with Crippen LogP contribution < -0.4 is 15.5 Å². The van der Waals surface area contributed by atoms with E-state index in [4.69, 9.17) is 4.74 Å². The van der Waals surface area contributed by atoms with Crippen LogP contribution >= 0.6 is 0 Å². The molecule has 0 saturated heterocycles. The molecule has 0 saturated carbocycles. The first-order valence-corrected chi connectivity index (χ1v) is 9.98. The topological polar surface area (TPSA) is 84.7 Å². The Morgan fingerprint density at radius 1 is 1.03 bits per heavy atom. The Hall–Kier alpha value is -3.87. The van der Waals surface area contributed by atoms with Crippen molar-refractivity contribution in [3.05, 3.63) is 83.2 Å². The summed E-state index contributed by atoms with van der Waals surface area (Å²) in [7, 11) is 1.63. The second kappa shape index (κ2) is 10.2. The van der Waals surface area contributed by atoms with Crippen molar-refractivity contribution in [2.75, 3.05) is 13.7 Å². The lowest BCUT2D eigenvalue weighted by molar-refractivity contribution is -0.139. The molecule has 0 bridgehead atoms. The summed E-state index contributed by atoms with van der Waals surface area (Å²) in [6, 6.07) is 19.5. The number of aromatic nitrogens is 1. The van der Waals surface area contributed by atoms with Crippen molar-refractivity contribution in [1.82, 2.24) is 15.3 Å². The van der Waals surface area contributed by atoms with Gasteiger partial charge in [-0.3, -0.25) is 9.59 Å². The molecule has 0 atom stereocenters. The highest BCUT2D eigenvalue weighted by atomic mass is 16.5. The number of hydrogen-bond donors (Lipinski definition) is 2. The molecule has 7 nitrogen and oxygen atoms in total. The van der Waals surface area contributed by atoms with Crippen LogP contribution in [-0.2, 0) is 16.0 Å². The number of aryl methyl sites for hydroxylation is 1. The van der Waals surface area contributed by atoms with Gasteiger partial charge in [-0.25, -0.2) is 5.43 Å². The van der Waals surface area contributed by atoms with E-state index >= 15 is 0 Å². The van der Waals surface area contributed by atoms with Crippen LogP contribution in [0.2, 0.25) is 0 Å². The van der Waals surface area contributed by atoms with Gasteiger partial charge in [0.05, 0.1) is 13.3 Å². The lowest BCUT2D eigenvalue weighted by atomic mass is 10.1. The van der Waals surface area contributed by atoms with E-state index in [0.717, 1.165) is 34.0 Å². The first kappa shape index (κ1) is 21.8. The van der Waals surface area contributed by atoms with Gasteiger partial charge in [-0.05, 0) is 56.2 Å². The Bertz CT molecular complexity index is 1070. The molecule has 160 valence electrons. The fourth-order valence-electron chi connectivity index (χ4n) is 3.30. The van der Waals surface area contributed by atoms with Gasteiger partial charge >= 0.3 is 11.8 Å². The van der Waals surface area contributed by atoms with Crippen molar-refractivity contribution in [2.45, 2.75) is 20.3 Å². The zero-order chi connectivity index (χ0) is 22.2. The van der Waals surface area contributed by atoms with Crippen molar-refractivity contribution >= 4 is 18.0 Å². The van der Waals surface area contributed by atoms with Gasteiger partial charge in [0.15, 0.2) is 0 Å². The van der Waals surface area contributed by atoms with E-state index in [9.17, 15) is 9.59 Å². The molecule has 0 unspecified atom stereocenters. The molecule has 31 heavy (non-hydrogen) atoms. The first-order valence-electron chi connectivity index (χ1n) is 9.98. The summed E-state index contributed by atoms with van der Waals surface area (Å²) < 4.78 is 7.29. The zero-order valence-corrected chi connectivity index (χ0v) is 17.9. The molecule has 0 fully saturated rings. The number of benzene rings is 2. The monoisotopic (exact) mass is 418 g/mol. The van der Waals surface area contributed by atoms with Crippen molar-refractivity contribution in [3.8, 4) is 11.4 Å². The van der Waals surface area contributed by atoms with E-state index in [1.54, 1.807) is 7.11 Å². The minimum atomic E-state index is -0.798. The molecule has 2 N–H and O–H groups in total. The van der Waals surface area contributed by atoms with Crippen LogP contribution in [0.3, 0.4) is 0 Å². The Morgan fingerprint density at radius 3 is 2.42 bits per heavy atom. The predicted molar refractivity (Wildman–Crippen MR) is 121 cm³/mol. The highest BCUT2D eigenvalue weighted by Crippen LogP contribution is 2.21. The van der Waals surface area contributed by atoms with Crippen LogP contribution in [0.1, 0.15) is 22.5 Å². The molecule has 2 amide bonds. The highest BCUT2D eigenvalue weighted by molar-refractivity contribution is 6.35. The largest absolute Gasteiger partial charge is 0.497 e. The quantitative estimate of drug-likeness (QED) is 0.352. The third-order valence-corrected chi connectivity index (χ3v) is 4.92. The molecule has 1 heterocycles. The molecule has 7 heteroatoms. The summed E-state index contributed by atoms with van der Waals surface area (Å²) in [5.74, 6) is -0.720. The molecule has 0 aliphatic rings. The summed E-state index contributed by atoms with van der Waals surface area (Å²) in [5.41, 5.74) is 7.21. The molecule has 0 aliphatic heterocycles. The van der Waals surface area contributed by atoms with Gasteiger partial charge in [-0.1, -0.05) is 30.3 Å². The van der Waals surface area contributed by atoms with E-state index in [0.29, 0.717) is 13.0 Å². The van der Waals surface area contributed by atoms with Crippen LogP contribution in [0, 0.1) is 13.8 Å². The maximum absolute atomic E-state index is 12.0. The number of ether oxygens (including phenoxy) is 1. The molecular weight excluding hydrogens is 392 g/mol. The van der Waals surface area contributed by atoms with Gasteiger partial charge in [0.1, 0.15) is 5.75 Å². The van der Waals surface area contributed by atoms with Gasteiger partial charge in [0.2, 0.25) is 0 Å². The number of nitrogens with one attached hydrogen (secondary N) is 2. The van der Waals surface area contributed by atoms with Crippen molar-refractivity contribution < 1.29 is 14.3 Å². The second-order valence-electron chi connectivity index (χ2n) is 7.05. The van der Waals surface area contributed by atoms with Crippen molar-refractivity contribution in [2.24, 2.45) is 5.10 Å². The standard InChI is InChI=1S/C24H26N4O3/c1-17-15-20(18(2)28(17)21-9-11-22(31-3)12-10-21)16-26-27-24(30)23(29)25-14-13-19-7-5-4-6-8-19/h4-12,15-16H,13-14H2,1-3H3,(H,25,29)(H,27,30)/b26-16-. The lowest BCUT2D eigenvalue weighted by Crippen LogP contribution is -2.38. The van der Waals surface area contributed by atoms with Crippen LogP contribution in [-0.4, -0.2) is 36.3 Å². The Kier molecular flexibility index (Phi) is 7.22. The van der Waals surface area contributed by atoms with Gasteiger partial charge in [-0.2, -0.15) is 5.10 Å². The third kappa shape index (κ3) is 5.60. The third-order valence-electron chi connectivity index (χ3n) is 4.92. The van der Waals surface area contributed by atoms with Gasteiger partial charge < -0.3 is 14.6 Å². The van der Waals surface area contributed by atoms with Crippen molar-refractivity contribution in [3.63, 3.8) is 0 Å². The number of hydrogen-bond acceptors (Lipinski definition) is 4. The fourth-order valence-corrected chi connectivity index (χ4v) is 3.30. The van der Waals surface area contributed by atoms with Crippen LogP contribution in [0.25, 0.3) is 5.69 Å². The minimum Gasteiger partial charge on any atom is -0.497 e. The Morgan fingerprint density at radius 2 is 1.74 bits per heavy atom. The van der Waals surface area contributed by atoms with E-state index in [2.05, 4.69) is 20.4 Å². The summed E-state index contributed by atoms with van der Waals surface area (Å²) in [6.45, 7) is 4.34. The number of hydrazone groups is 1.